The second kappa shape index (κ2) is 14.5. The van der Waals surface area contributed by atoms with E-state index in [0.29, 0.717) is 4.47 Å². The van der Waals surface area contributed by atoms with E-state index in [9.17, 15) is 22.8 Å². The van der Waals surface area contributed by atoms with Crippen LogP contribution in [0.2, 0.25) is 10.0 Å². The highest BCUT2D eigenvalue weighted by molar-refractivity contribution is 9.10. The maximum Gasteiger partial charge on any atom is 0.490 e. The van der Waals surface area contributed by atoms with Crippen molar-refractivity contribution in [3.63, 3.8) is 0 Å². The maximum absolute atomic E-state index is 15.2. The Hall–Kier alpha value is -4.39. The molecule has 0 unspecified atom stereocenters. The minimum absolute atomic E-state index is 0.0407. The molecule has 2 amide bonds. The largest absolute Gasteiger partial charge is 0.490 e. The van der Waals surface area contributed by atoms with E-state index < -0.39 is 35.7 Å². The van der Waals surface area contributed by atoms with Crippen molar-refractivity contribution in [2.75, 3.05) is 5.32 Å². The molecule has 0 radical (unpaired) electrons. The lowest BCUT2D eigenvalue weighted by Gasteiger charge is -2.13. The molecule has 220 valence electrons. The standard InChI is InChI=1S/C23H15BrCl2FN5O3.C2HF3O2/c24-16-3-1-12(20(27)21(16)35-15-6-11(10-28)5-14(25)9-15)8-19(33)31-18-4-2-13(7-17(18)26)22(34)32-23(29)30;3-2(4,5)1(6)7/h1-7,9H,8H2,(H,31,33)(H4,29,30,32,34);(H,6,7). The summed E-state index contributed by atoms with van der Waals surface area (Å²) in [5, 5.41) is 19.1. The Balaban J connectivity index is 0.000000782. The summed E-state index contributed by atoms with van der Waals surface area (Å²) in [5.74, 6) is -5.23. The summed E-state index contributed by atoms with van der Waals surface area (Å²) in [4.78, 5) is 36.8. The first kappa shape index (κ1) is 33.8. The van der Waals surface area contributed by atoms with E-state index in [1.54, 1.807) is 0 Å². The number of ether oxygens (including phenoxy) is 1. The number of carboxylic acid groups (broad SMARTS) is 1. The van der Waals surface area contributed by atoms with Gasteiger partial charge in [0.2, 0.25) is 5.91 Å². The number of nitriles is 1. The summed E-state index contributed by atoms with van der Waals surface area (Å²) in [7, 11) is 0. The van der Waals surface area contributed by atoms with Crippen molar-refractivity contribution in [1.29, 1.82) is 5.26 Å². The zero-order chi connectivity index (χ0) is 31.8. The molecular formula is C25H16BrCl2F4N5O5. The van der Waals surface area contributed by atoms with Gasteiger partial charge in [0.25, 0.3) is 5.91 Å². The molecule has 17 heteroatoms. The lowest BCUT2D eigenvalue weighted by Crippen LogP contribution is -2.24. The van der Waals surface area contributed by atoms with Gasteiger partial charge in [-0.2, -0.15) is 23.4 Å². The molecule has 0 bridgehead atoms. The number of halogens is 7. The number of nitrogens with zero attached hydrogens (tertiary/aromatic N) is 2. The van der Waals surface area contributed by atoms with Crippen molar-refractivity contribution in [3.8, 4) is 17.6 Å². The van der Waals surface area contributed by atoms with Crippen molar-refractivity contribution in [1.82, 2.24) is 0 Å². The van der Waals surface area contributed by atoms with E-state index in [1.165, 1.54) is 48.5 Å². The Morgan fingerprint density at radius 1 is 1.10 bits per heavy atom. The van der Waals surface area contributed by atoms with Crippen molar-refractivity contribution in [2.45, 2.75) is 12.6 Å². The zero-order valence-electron chi connectivity index (χ0n) is 20.6. The second-order valence-electron chi connectivity index (χ2n) is 7.80. The van der Waals surface area contributed by atoms with E-state index in [1.807, 2.05) is 6.07 Å². The van der Waals surface area contributed by atoms with Gasteiger partial charge in [-0.15, -0.1) is 0 Å². The van der Waals surface area contributed by atoms with Crippen LogP contribution in [0.25, 0.3) is 0 Å². The van der Waals surface area contributed by atoms with Gasteiger partial charge in [-0.25, -0.2) is 9.18 Å². The SMILES string of the molecule is N#Cc1cc(Cl)cc(Oc2c(Br)ccc(CC(=O)Nc3ccc(C(=O)N=C(N)N)cc3Cl)c2F)c1.O=C(O)C(F)(F)F. The molecule has 0 aliphatic heterocycles. The summed E-state index contributed by atoms with van der Waals surface area (Å²) in [6.45, 7) is 0. The molecule has 10 nitrogen and oxygen atoms in total. The number of nitrogens with one attached hydrogen (secondary N) is 1. The van der Waals surface area contributed by atoms with E-state index >= 15 is 4.39 Å². The molecule has 0 fully saturated rings. The number of hydrogen-bond acceptors (Lipinski definition) is 5. The molecule has 0 atom stereocenters. The molecular weight excluding hydrogens is 677 g/mol. The van der Waals surface area contributed by atoms with Crippen LogP contribution < -0.4 is 21.5 Å². The number of aliphatic imine (C=N–C) groups is 1. The van der Waals surface area contributed by atoms with Gasteiger partial charge in [0.15, 0.2) is 17.5 Å². The summed E-state index contributed by atoms with van der Waals surface area (Å²) >= 11 is 15.3. The molecule has 0 heterocycles. The topological polar surface area (TPSA) is 181 Å². The molecule has 3 aromatic carbocycles. The second-order valence-corrected chi connectivity index (χ2v) is 9.50. The molecule has 0 aliphatic carbocycles. The normalized spacial score (nSPS) is 10.4. The highest BCUT2D eigenvalue weighted by atomic mass is 79.9. The van der Waals surface area contributed by atoms with E-state index in [4.69, 9.17) is 54.6 Å². The Kier molecular flexibility index (Phi) is 11.7. The van der Waals surface area contributed by atoms with Gasteiger partial charge in [-0.05, 0) is 58.4 Å². The predicted octanol–water partition coefficient (Wildman–Crippen LogP) is 5.79. The van der Waals surface area contributed by atoms with Crippen LogP contribution in [0.3, 0.4) is 0 Å². The Morgan fingerprint density at radius 2 is 1.74 bits per heavy atom. The minimum Gasteiger partial charge on any atom is -0.475 e. The van der Waals surface area contributed by atoms with Gasteiger partial charge >= 0.3 is 12.1 Å². The number of carbonyl (C=O) groups excluding carboxylic acids is 2. The Bertz CT molecular complexity index is 1610. The monoisotopic (exact) mass is 691 g/mol. The number of hydrogen-bond donors (Lipinski definition) is 4. The fraction of sp³-hybridized carbons (Fsp3) is 0.0800. The highest BCUT2D eigenvalue weighted by Gasteiger charge is 2.38. The fourth-order valence-corrected chi connectivity index (χ4v) is 3.75. The van der Waals surface area contributed by atoms with Gasteiger partial charge < -0.3 is 26.6 Å². The zero-order valence-corrected chi connectivity index (χ0v) is 23.7. The number of guanidine groups is 1. The number of alkyl halides is 3. The number of carbonyl (C=O) groups is 3. The molecule has 3 aromatic rings. The number of benzene rings is 3. The quantitative estimate of drug-likeness (QED) is 0.142. The van der Waals surface area contributed by atoms with Crippen molar-refractivity contribution in [2.24, 2.45) is 16.5 Å². The maximum atomic E-state index is 15.2. The first-order chi connectivity index (χ1) is 19.5. The number of anilines is 1. The van der Waals surface area contributed by atoms with Gasteiger partial charge in [0.05, 0.1) is 33.2 Å². The first-order valence-corrected chi connectivity index (χ1v) is 12.5. The van der Waals surface area contributed by atoms with Crippen molar-refractivity contribution >= 4 is 68.6 Å². The van der Waals surface area contributed by atoms with Crippen LogP contribution in [0, 0.1) is 17.1 Å². The van der Waals surface area contributed by atoms with E-state index in [-0.39, 0.29) is 50.3 Å². The van der Waals surface area contributed by atoms with Gasteiger partial charge in [0, 0.05) is 16.1 Å². The minimum atomic E-state index is -5.08. The van der Waals surface area contributed by atoms with Crippen LogP contribution in [-0.4, -0.2) is 35.0 Å². The summed E-state index contributed by atoms with van der Waals surface area (Å²) in [6, 6.07) is 13.2. The molecule has 0 saturated heterocycles. The predicted molar refractivity (Wildman–Crippen MR) is 148 cm³/mol. The number of amides is 2. The third-order valence-electron chi connectivity index (χ3n) is 4.66. The number of carboxylic acids is 1. The Morgan fingerprint density at radius 3 is 2.29 bits per heavy atom. The van der Waals surface area contributed by atoms with Crippen LogP contribution in [0.4, 0.5) is 23.2 Å². The smallest absolute Gasteiger partial charge is 0.475 e. The lowest BCUT2D eigenvalue weighted by atomic mass is 10.1. The average Bonchev–Trinajstić information content (AvgIpc) is 2.88. The summed E-state index contributed by atoms with van der Waals surface area (Å²) in [6.07, 6.45) is -5.43. The molecule has 0 saturated carbocycles. The van der Waals surface area contributed by atoms with Gasteiger partial charge in [0.1, 0.15) is 5.75 Å². The molecule has 6 N–H and O–H groups in total. The highest BCUT2D eigenvalue weighted by Crippen LogP contribution is 2.36. The van der Waals surface area contributed by atoms with Crippen LogP contribution in [0.5, 0.6) is 11.5 Å². The first-order valence-electron chi connectivity index (χ1n) is 10.9. The number of nitrogens with two attached hydrogens (primary N) is 2. The molecule has 3 rings (SSSR count). The number of rotatable bonds is 6. The summed E-state index contributed by atoms with van der Waals surface area (Å²) < 4.78 is 52.8. The van der Waals surface area contributed by atoms with Crippen LogP contribution >= 0.6 is 39.1 Å². The van der Waals surface area contributed by atoms with Crippen LogP contribution in [0.15, 0.2) is 58.0 Å². The van der Waals surface area contributed by atoms with Crippen molar-refractivity contribution in [3.05, 3.63) is 85.6 Å². The van der Waals surface area contributed by atoms with Gasteiger partial charge in [-0.1, -0.05) is 29.3 Å². The molecule has 0 aliphatic rings. The molecule has 0 aromatic heterocycles. The number of aliphatic carboxylic acids is 1. The average molecular weight is 693 g/mol. The molecule has 0 spiro atoms. The van der Waals surface area contributed by atoms with E-state index in [2.05, 4.69) is 26.2 Å². The summed E-state index contributed by atoms with van der Waals surface area (Å²) in [5.41, 5.74) is 11.0. The third kappa shape index (κ3) is 9.91. The van der Waals surface area contributed by atoms with Crippen LogP contribution in [-0.2, 0) is 16.0 Å². The molecule has 42 heavy (non-hydrogen) atoms. The van der Waals surface area contributed by atoms with E-state index in [0.717, 1.165) is 0 Å². The third-order valence-corrected chi connectivity index (χ3v) is 5.82. The fourth-order valence-electron chi connectivity index (χ4n) is 2.91. The van der Waals surface area contributed by atoms with Crippen molar-refractivity contribution < 1.29 is 41.8 Å². The van der Waals surface area contributed by atoms with Crippen LogP contribution in [0.1, 0.15) is 21.5 Å². The van der Waals surface area contributed by atoms with Gasteiger partial charge in [-0.3, -0.25) is 9.59 Å². The Labute approximate surface area is 252 Å². The lowest BCUT2D eigenvalue weighted by molar-refractivity contribution is -0.192.